The molecule has 1 aromatic rings. The quantitative estimate of drug-likeness (QED) is 0.657. The molecule has 2 N–H and O–H groups in total. The van der Waals surface area contributed by atoms with Gasteiger partial charge < -0.3 is 15.0 Å². The Hall–Kier alpha value is -0.975. The molecule has 20 heavy (non-hydrogen) atoms. The van der Waals surface area contributed by atoms with Gasteiger partial charge in [-0.3, -0.25) is 0 Å². The molecule has 6 heteroatoms. The van der Waals surface area contributed by atoms with Crippen LogP contribution in [0.3, 0.4) is 0 Å². The van der Waals surface area contributed by atoms with Crippen molar-refractivity contribution >= 4 is 12.7 Å². The Morgan fingerprint density at radius 3 is 2.20 bits per heavy atom. The summed E-state index contributed by atoms with van der Waals surface area (Å²) in [5.41, 5.74) is 6.20. The van der Waals surface area contributed by atoms with Crippen LogP contribution in [0.5, 0.6) is 0 Å². The van der Waals surface area contributed by atoms with Crippen LogP contribution in [0.4, 0.5) is 4.39 Å². The van der Waals surface area contributed by atoms with Gasteiger partial charge in [-0.05, 0) is 52.2 Å². The largest absolute Gasteiger partial charge is 0.515 e. The van der Waals surface area contributed by atoms with Crippen molar-refractivity contribution in [1.82, 2.24) is 4.98 Å². The van der Waals surface area contributed by atoms with Gasteiger partial charge in [-0.25, -0.2) is 4.98 Å². The second kappa shape index (κ2) is 4.03. The van der Waals surface area contributed by atoms with Crippen molar-refractivity contribution in [1.29, 1.82) is 0 Å². The van der Waals surface area contributed by atoms with Crippen LogP contribution in [0, 0.1) is 5.95 Å². The van der Waals surface area contributed by atoms with Crippen LogP contribution in [-0.4, -0.2) is 23.3 Å². The van der Waals surface area contributed by atoms with Crippen LogP contribution in [0.2, 0.25) is 0 Å². The molecular weight excluding hydrogens is 258 g/mol. The van der Waals surface area contributed by atoms with E-state index >= 15 is 0 Å². The molecule has 0 bridgehead atoms. The predicted molar refractivity (Wildman–Crippen MR) is 75.0 cm³/mol. The average molecular weight is 278 g/mol. The molecule has 2 heterocycles. The van der Waals surface area contributed by atoms with E-state index in [2.05, 4.69) is 4.98 Å². The van der Waals surface area contributed by atoms with Crippen LogP contribution in [-0.2, 0) is 14.8 Å². The van der Waals surface area contributed by atoms with E-state index in [4.69, 9.17) is 15.0 Å². The summed E-state index contributed by atoms with van der Waals surface area (Å²) < 4.78 is 25.5. The third kappa shape index (κ3) is 2.06. The number of nitrogens with two attached hydrogens (primary N) is 1. The highest BCUT2D eigenvalue weighted by Gasteiger charge is 2.55. The summed E-state index contributed by atoms with van der Waals surface area (Å²) in [5.74, 6) is -0.539. The smallest absolute Gasteiger partial charge is 0.398 e. The molecule has 1 aromatic heterocycles. The summed E-state index contributed by atoms with van der Waals surface area (Å²) in [6.45, 7) is 7.84. The highest BCUT2D eigenvalue weighted by molar-refractivity contribution is 6.61. The van der Waals surface area contributed by atoms with Crippen LogP contribution < -0.4 is 11.3 Å². The van der Waals surface area contributed by atoms with E-state index in [0.717, 1.165) is 18.4 Å². The Kier molecular flexibility index (Phi) is 2.81. The van der Waals surface area contributed by atoms with Crippen LogP contribution in [0.15, 0.2) is 12.1 Å². The van der Waals surface area contributed by atoms with Gasteiger partial charge in [0.25, 0.3) is 0 Å². The lowest BCUT2D eigenvalue weighted by molar-refractivity contribution is 0.00578. The first kappa shape index (κ1) is 14.0. The Labute approximate surface area is 119 Å². The molecule has 1 aliphatic carbocycles. The van der Waals surface area contributed by atoms with E-state index in [1.54, 1.807) is 6.07 Å². The highest BCUT2D eigenvalue weighted by atomic mass is 19.1. The molecule has 1 saturated heterocycles. The summed E-state index contributed by atoms with van der Waals surface area (Å²) in [6, 6.07) is 3.05. The molecule has 2 fully saturated rings. The second-order valence-corrected chi connectivity index (χ2v) is 6.81. The molecule has 0 amide bonds. The van der Waals surface area contributed by atoms with E-state index in [0.29, 0.717) is 5.59 Å². The number of pyridine rings is 1. The highest BCUT2D eigenvalue weighted by Crippen LogP contribution is 2.43. The molecule has 1 saturated carbocycles. The fraction of sp³-hybridized carbons (Fsp3) is 0.643. The fourth-order valence-corrected chi connectivity index (χ4v) is 2.41. The SMILES string of the molecule is CC1(C)OB(c2nc(F)ccc2C2(N)CC2)OC1(C)C. The Morgan fingerprint density at radius 1 is 1.15 bits per heavy atom. The minimum Gasteiger partial charge on any atom is -0.398 e. The van der Waals surface area contributed by atoms with Gasteiger partial charge in [0.05, 0.1) is 16.8 Å². The third-order valence-corrected chi connectivity index (χ3v) is 4.69. The molecule has 3 rings (SSSR count). The molecule has 108 valence electrons. The van der Waals surface area contributed by atoms with Crippen LogP contribution in [0.1, 0.15) is 46.1 Å². The standard InChI is InChI=1S/C14H20BFN2O2/c1-12(2)13(3,4)20-15(19-12)11-9(14(17)7-8-14)5-6-10(16)18-11/h5-6H,7-8,17H2,1-4H3. The number of halogens is 1. The predicted octanol–water partition coefficient (Wildman–Crippen LogP) is 1.47. The minimum atomic E-state index is -0.674. The second-order valence-electron chi connectivity index (χ2n) is 6.81. The normalized spacial score (nSPS) is 25.8. The van der Waals surface area contributed by atoms with E-state index in [1.165, 1.54) is 6.07 Å². The van der Waals surface area contributed by atoms with Gasteiger partial charge in [-0.15, -0.1) is 0 Å². The molecule has 4 nitrogen and oxygen atoms in total. The maximum atomic E-state index is 13.5. The summed E-state index contributed by atoms with van der Waals surface area (Å²) in [5, 5.41) is 0. The Morgan fingerprint density at radius 2 is 1.70 bits per heavy atom. The lowest BCUT2D eigenvalue weighted by Gasteiger charge is -2.32. The maximum absolute atomic E-state index is 13.5. The van der Waals surface area contributed by atoms with Crippen LogP contribution in [0.25, 0.3) is 0 Å². The third-order valence-electron chi connectivity index (χ3n) is 4.69. The van der Waals surface area contributed by atoms with Crippen molar-refractivity contribution in [2.75, 3.05) is 0 Å². The van der Waals surface area contributed by atoms with Crippen LogP contribution >= 0.6 is 0 Å². The zero-order valence-electron chi connectivity index (χ0n) is 12.4. The van der Waals surface area contributed by atoms with Crippen molar-refractivity contribution in [3.63, 3.8) is 0 Å². The van der Waals surface area contributed by atoms with E-state index < -0.39 is 29.8 Å². The molecule has 0 spiro atoms. The lowest BCUT2D eigenvalue weighted by Crippen LogP contribution is -2.43. The van der Waals surface area contributed by atoms with Gasteiger partial charge in [0, 0.05) is 5.54 Å². The van der Waals surface area contributed by atoms with Crippen molar-refractivity contribution in [3.8, 4) is 0 Å². The monoisotopic (exact) mass is 278 g/mol. The number of rotatable bonds is 2. The van der Waals surface area contributed by atoms with Gasteiger partial charge in [0.1, 0.15) is 0 Å². The molecule has 0 atom stereocenters. The van der Waals surface area contributed by atoms with Gasteiger partial charge in [0.15, 0.2) is 0 Å². The first-order chi connectivity index (χ1) is 9.15. The van der Waals surface area contributed by atoms with E-state index in [-0.39, 0.29) is 0 Å². The zero-order chi connectivity index (χ0) is 14.8. The van der Waals surface area contributed by atoms with Crippen molar-refractivity contribution in [3.05, 3.63) is 23.6 Å². The summed E-state index contributed by atoms with van der Waals surface area (Å²) in [4.78, 5) is 4.00. The van der Waals surface area contributed by atoms with Gasteiger partial charge in [-0.1, -0.05) is 6.07 Å². The van der Waals surface area contributed by atoms with Crippen molar-refractivity contribution in [2.45, 2.75) is 57.3 Å². The fourth-order valence-electron chi connectivity index (χ4n) is 2.41. The average Bonchev–Trinajstić information content (AvgIpc) is 3.01. The van der Waals surface area contributed by atoms with Gasteiger partial charge in [-0.2, -0.15) is 4.39 Å². The molecule has 0 radical (unpaired) electrons. The Balaban J connectivity index is 2.01. The van der Waals surface area contributed by atoms with Crippen molar-refractivity contribution < 1.29 is 13.7 Å². The van der Waals surface area contributed by atoms with E-state index in [9.17, 15) is 4.39 Å². The number of hydrogen-bond donors (Lipinski definition) is 1. The number of aromatic nitrogens is 1. The number of nitrogens with zero attached hydrogens (tertiary/aromatic N) is 1. The Bertz CT molecular complexity index is 542. The first-order valence-corrected chi connectivity index (χ1v) is 6.96. The molecule has 0 unspecified atom stereocenters. The molecular formula is C14H20BFN2O2. The summed E-state index contributed by atoms with van der Waals surface area (Å²) >= 11 is 0. The lowest BCUT2D eigenvalue weighted by atomic mass is 9.78. The van der Waals surface area contributed by atoms with E-state index in [1.807, 2.05) is 27.7 Å². The molecule has 2 aliphatic rings. The first-order valence-electron chi connectivity index (χ1n) is 6.96. The minimum absolute atomic E-state index is 0.403. The summed E-state index contributed by atoms with van der Waals surface area (Å²) in [7, 11) is -0.674. The topological polar surface area (TPSA) is 57.4 Å². The van der Waals surface area contributed by atoms with Gasteiger partial charge in [0.2, 0.25) is 5.95 Å². The maximum Gasteiger partial charge on any atom is 0.515 e. The number of hydrogen-bond acceptors (Lipinski definition) is 4. The summed E-state index contributed by atoms with van der Waals surface area (Å²) in [6.07, 6.45) is 1.76. The van der Waals surface area contributed by atoms with Crippen molar-refractivity contribution in [2.24, 2.45) is 5.73 Å². The molecule has 0 aromatic carbocycles. The van der Waals surface area contributed by atoms with Gasteiger partial charge >= 0.3 is 7.12 Å². The zero-order valence-corrected chi connectivity index (χ0v) is 12.4. The molecule has 1 aliphatic heterocycles.